The topological polar surface area (TPSA) is 109 Å². The molecule has 2 aromatic heterocycles. The largest absolute Gasteiger partial charge is 0.439 e. The molecule has 0 saturated carbocycles. The average molecular weight is 434 g/mol. The molecule has 2 aromatic carbocycles. The Hall–Kier alpha value is -3.72. The predicted molar refractivity (Wildman–Crippen MR) is 115 cm³/mol. The van der Waals surface area contributed by atoms with E-state index in [1.165, 1.54) is 16.4 Å². The van der Waals surface area contributed by atoms with Crippen molar-refractivity contribution in [2.45, 2.75) is 18.2 Å². The van der Waals surface area contributed by atoms with Gasteiger partial charge < -0.3 is 0 Å². The van der Waals surface area contributed by atoms with E-state index in [2.05, 4.69) is 19.6 Å². The molecule has 9 heteroatoms. The van der Waals surface area contributed by atoms with Gasteiger partial charge in [-0.05, 0) is 66.9 Å². The van der Waals surface area contributed by atoms with Crippen LogP contribution in [0.2, 0.25) is 0 Å². The number of benzene rings is 2. The van der Waals surface area contributed by atoms with E-state index in [1.54, 1.807) is 12.1 Å². The van der Waals surface area contributed by atoms with Gasteiger partial charge in [0, 0.05) is 23.9 Å². The highest BCUT2D eigenvalue weighted by molar-refractivity contribution is 7.92. The number of hydrogen-bond acceptors (Lipinski definition) is 6. The maximum absolute atomic E-state index is 13.3. The van der Waals surface area contributed by atoms with E-state index < -0.39 is 15.8 Å². The second-order valence-electron chi connectivity index (χ2n) is 7.36. The van der Waals surface area contributed by atoms with Gasteiger partial charge in [-0.2, -0.15) is 0 Å². The Kier molecular flexibility index (Phi) is 4.48. The Morgan fingerprint density at radius 1 is 1.03 bits per heavy atom. The SMILES string of the molecule is Cc1ccc(-c2ccc3c(c2)CCN3S(=O)(=O)c2ccc(-c3noc(=O)[nH]3)cc2)nc1. The van der Waals surface area contributed by atoms with Crippen LogP contribution in [0.25, 0.3) is 22.6 Å². The van der Waals surface area contributed by atoms with Crippen LogP contribution >= 0.6 is 0 Å². The van der Waals surface area contributed by atoms with Gasteiger partial charge in [-0.3, -0.25) is 18.8 Å². The van der Waals surface area contributed by atoms with Crippen molar-refractivity contribution >= 4 is 15.7 Å². The first-order valence-corrected chi connectivity index (χ1v) is 11.1. The molecule has 3 heterocycles. The molecule has 4 aromatic rings. The first kappa shape index (κ1) is 19.3. The Bertz CT molecular complexity index is 1420. The number of H-pyrrole nitrogens is 1. The Labute approximate surface area is 178 Å². The first-order valence-electron chi connectivity index (χ1n) is 9.67. The lowest BCUT2D eigenvalue weighted by Crippen LogP contribution is -2.29. The standard InChI is InChI=1S/C22H18N4O4S/c1-14-2-8-19(23-13-14)16-5-9-20-17(12-16)10-11-26(20)31(28,29)18-6-3-15(4-7-18)21-24-22(27)30-25-21/h2-9,12-13H,10-11H2,1H3,(H,24,25,27). The maximum Gasteiger partial charge on any atom is 0.439 e. The van der Waals surface area contributed by atoms with Gasteiger partial charge in [0.25, 0.3) is 10.0 Å². The summed E-state index contributed by atoms with van der Waals surface area (Å²) in [5, 5.41) is 3.62. The van der Waals surface area contributed by atoms with Crippen molar-refractivity contribution in [1.82, 2.24) is 15.1 Å². The number of aromatic nitrogens is 3. The van der Waals surface area contributed by atoms with Crippen molar-refractivity contribution in [1.29, 1.82) is 0 Å². The molecule has 5 rings (SSSR count). The number of fused-ring (bicyclic) bond motifs is 1. The first-order chi connectivity index (χ1) is 14.9. The van der Waals surface area contributed by atoms with E-state index in [1.807, 2.05) is 43.5 Å². The molecule has 156 valence electrons. The van der Waals surface area contributed by atoms with Gasteiger partial charge in [-0.15, -0.1) is 0 Å². The van der Waals surface area contributed by atoms with Crippen LogP contribution in [0, 0.1) is 6.92 Å². The molecule has 0 spiro atoms. The van der Waals surface area contributed by atoms with Crippen molar-refractivity contribution in [3.05, 3.63) is 82.5 Å². The minimum atomic E-state index is -3.73. The van der Waals surface area contributed by atoms with Gasteiger partial charge in [0.1, 0.15) is 0 Å². The Balaban J connectivity index is 1.45. The molecule has 1 N–H and O–H groups in total. The van der Waals surface area contributed by atoms with Crippen LogP contribution in [0.5, 0.6) is 0 Å². The second kappa shape index (κ2) is 7.21. The summed E-state index contributed by atoms with van der Waals surface area (Å²) < 4.78 is 32.5. The zero-order chi connectivity index (χ0) is 21.6. The van der Waals surface area contributed by atoms with Gasteiger partial charge in [-0.25, -0.2) is 13.2 Å². The molecule has 0 bridgehead atoms. The lowest BCUT2D eigenvalue weighted by atomic mass is 10.1. The van der Waals surface area contributed by atoms with E-state index in [0.717, 1.165) is 22.4 Å². The van der Waals surface area contributed by atoms with Crippen LogP contribution in [0.3, 0.4) is 0 Å². The molecule has 0 saturated heterocycles. The number of sulfonamides is 1. The summed E-state index contributed by atoms with van der Waals surface area (Å²) in [6.07, 6.45) is 2.45. The number of aromatic amines is 1. The third kappa shape index (κ3) is 3.42. The van der Waals surface area contributed by atoms with Crippen molar-refractivity contribution in [2.75, 3.05) is 10.8 Å². The van der Waals surface area contributed by atoms with Crippen molar-refractivity contribution in [2.24, 2.45) is 0 Å². The summed E-state index contributed by atoms with van der Waals surface area (Å²) in [5.41, 5.74) is 5.12. The molecule has 1 aliphatic heterocycles. The van der Waals surface area contributed by atoms with E-state index in [0.29, 0.717) is 24.2 Å². The second-order valence-corrected chi connectivity index (χ2v) is 9.22. The summed E-state index contributed by atoms with van der Waals surface area (Å²) >= 11 is 0. The van der Waals surface area contributed by atoms with Gasteiger partial charge in [0.05, 0.1) is 16.3 Å². The quantitative estimate of drug-likeness (QED) is 0.528. The van der Waals surface area contributed by atoms with E-state index in [4.69, 9.17) is 0 Å². The molecule has 0 aliphatic carbocycles. The van der Waals surface area contributed by atoms with Crippen LogP contribution in [0.4, 0.5) is 5.69 Å². The van der Waals surface area contributed by atoms with Crippen LogP contribution in [-0.4, -0.2) is 30.1 Å². The number of pyridine rings is 1. The van der Waals surface area contributed by atoms with Gasteiger partial charge in [0.2, 0.25) is 0 Å². The van der Waals surface area contributed by atoms with Crippen molar-refractivity contribution in [3.63, 3.8) is 0 Å². The Morgan fingerprint density at radius 3 is 2.48 bits per heavy atom. The molecule has 8 nitrogen and oxygen atoms in total. The fourth-order valence-corrected chi connectivity index (χ4v) is 5.19. The number of aryl methyl sites for hydroxylation is 1. The van der Waals surface area contributed by atoms with E-state index >= 15 is 0 Å². The number of hydrogen-bond donors (Lipinski definition) is 1. The molecular weight excluding hydrogens is 416 g/mol. The third-order valence-electron chi connectivity index (χ3n) is 5.30. The summed E-state index contributed by atoms with van der Waals surface area (Å²) in [6.45, 7) is 2.36. The minimum Gasteiger partial charge on any atom is -0.296 e. The number of rotatable bonds is 4. The van der Waals surface area contributed by atoms with Gasteiger partial charge in [-0.1, -0.05) is 17.3 Å². The Morgan fingerprint density at radius 2 is 1.81 bits per heavy atom. The third-order valence-corrected chi connectivity index (χ3v) is 7.12. The molecule has 0 atom stereocenters. The zero-order valence-electron chi connectivity index (χ0n) is 16.6. The van der Waals surface area contributed by atoms with E-state index in [-0.39, 0.29) is 10.7 Å². The predicted octanol–water partition coefficient (Wildman–Crippen LogP) is 3.15. The minimum absolute atomic E-state index is 0.166. The average Bonchev–Trinajstić information content (AvgIpc) is 3.40. The summed E-state index contributed by atoms with van der Waals surface area (Å²) in [4.78, 5) is 18.2. The lowest BCUT2D eigenvalue weighted by Gasteiger charge is -2.20. The fraction of sp³-hybridized carbons (Fsp3) is 0.136. The highest BCUT2D eigenvalue weighted by atomic mass is 32.2. The smallest absolute Gasteiger partial charge is 0.296 e. The van der Waals surface area contributed by atoms with Crippen LogP contribution in [0.1, 0.15) is 11.1 Å². The van der Waals surface area contributed by atoms with Gasteiger partial charge in [0.15, 0.2) is 5.82 Å². The molecule has 0 radical (unpaired) electrons. The summed E-state index contributed by atoms with van der Waals surface area (Å²) in [5.74, 6) is -0.418. The maximum atomic E-state index is 13.3. The molecule has 0 fully saturated rings. The monoisotopic (exact) mass is 434 g/mol. The number of nitrogens with zero attached hydrogens (tertiary/aromatic N) is 3. The number of nitrogens with one attached hydrogen (secondary N) is 1. The normalized spacial score (nSPS) is 13.4. The molecule has 1 aliphatic rings. The fourth-order valence-electron chi connectivity index (χ4n) is 3.69. The zero-order valence-corrected chi connectivity index (χ0v) is 17.4. The van der Waals surface area contributed by atoms with Crippen molar-refractivity contribution < 1.29 is 12.9 Å². The van der Waals surface area contributed by atoms with E-state index in [9.17, 15) is 13.2 Å². The molecule has 0 amide bonds. The van der Waals surface area contributed by atoms with Crippen LogP contribution < -0.4 is 10.1 Å². The van der Waals surface area contributed by atoms with Gasteiger partial charge >= 0.3 is 5.76 Å². The molecule has 0 unspecified atom stereocenters. The van der Waals surface area contributed by atoms with Crippen LogP contribution in [0.15, 0.2) is 75.0 Å². The summed E-state index contributed by atoms with van der Waals surface area (Å²) in [7, 11) is -3.73. The highest BCUT2D eigenvalue weighted by Crippen LogP contribution is 2.35. The molecule has 31 heavy (non-hydrogen) atoms. The summed E-state index contributed by atoms with van der Waals surface area (Å²) in [6, 6.07) is 15.9. The van der Waals surface area contributed by atoms with Crippen molar-refractivity contribution in [3.8, 4) is 22.6 Å². The molecular formula is C22H18N4O4S. The van der Waals surface area contributed by atoms with Crippen LogP contribution in [-0.2, 0) is 16.4 Å². The highest BCUT2D eigenvalue weighted by Gasteiger charge is 2.31. The number of anilines is 1. The lowest BCUT2D eigenvalue weighted by molar-refractivity contribution is 0.388.